The molecule has 1 fully saturated rings. The molecule has 0 spiro atoms. The van der Waals surface area contributed by atoms with Crippen LogP contribution >= 0.6 is 0 Å². The summed E-state index contributed by atoms with van der Waals surface area (Å²) in [4.78, 5) is 15.0. The van der Waals surface area contributed by atoms with Gasteiger partial charge in [0.2, 0.25) is 0 Å². The second-order valence-electron chi connectivity index (χ2n) is 4.46. The highest BCUT2D eigenvalue weighted by molar-refractivity contribution is 5.85. The summed E-state index contributed by atoms with van der Waals surface area (Å²) in [5.74, 6) is -0.381. The van der Waals surface area contributed by atoms with Crippen molar-refractivity contribution in [2.75, 3.05) is 51.3 Å². The molecule has 0 saturated carbocycles. The molecule has 2 rings (SSSR count). The van der Waals surface area contributed by atoms with Crippen molar-refractivity contribution in [1.82, 2.24) is 15.1 Å². The van der Waals surface area contributed by atoms with Crippen LogP contribution in [0.15, 0.2) is 12.1 Å². The van der Waals surface area contributed by atoms with Gasteiger partial charge < -0.3 is 14.7 Å². The summed E-state index contributed by atoms with van der Waals surface area (Å²) in [6.07, 6.45) is 0. The van der Waals surface area contributed by atoms with Crippen molar-refractivity contribution in [2.24, 2.45) is 0 Å². The van der Waals surface area contributed by atoms with E-state index in [2.05, 4.69) is 15.1 Å². The number of hydrogen-bond donors (Lipinski definition) is 1. The first-order valence-corrected chi connectivity index (χ1v) is 6.25. The van der Waals surface area contributed by atoms with Crippen LogP contribution in [-0.2, 0) is 4.74 Å². The third-order valence-corrected chi connectivity index (χ3v) is 3.12. The van der Waals surface area contributed by atoms with Gasteiger partial charge in [0.05, 0.1) is 13.2 Å². The first-order chi connectivity index (χ1) is 9.16. The lowest BCUT2D eigenvalue weighted by atomic mass is 10.3. The Balaban J connectivity index is 1.84. The third kappa shape index (κ3) is 3.87. The minimum atomic E-state index is -1.06. The van der Waals surface area contributed by atoms with Crippen molar-refractivity contribution in [3.63, 3.8) is 0 Å². The summed E-state index contributed by atoms with van der Waals surface area (Å²) in [5.41, 5.74) is -0.0367. The summed E-state index contributed by atoms with van der Waals surface area (Å²) in [6, 6.07) is 3.14. The van der Waals surface area contributed by atoms with Crippen molar-refractivity contribution in [2.45, 2.75) is 0 Å². The van der Waals surface area contributed by atoms with Gasteiger partial charge >= 0.3 is 5.97 Å². The number of rotatable bonds is 5. The number of carboxylic acid groups (broad SMARTS) is 1. The maximum Gasteiger partial charge on any atom is 0.356 e. The topological polar surface area (TPSA) is 78.8 Å². The number of carbonyl (C=O) groups is 1. The molecule has 0 radical (unpaired) electrons. The van der Waals surface area contributed by atoms with Crippen molar-refractivity contribution < 1.29 is 14.6 Å². The van der Waals surface area contributed by atoms with Crippen LogP contribution in [0.5, 0.6) is 0 Å². The van der Waals surface area contributed by atoms with E-state index in [1.54, 1.807) is 6.07 Å². The normalized spacial score (nSPS) is 16.3. The molecule has 1 aromatic heterocycles. The molecule has 0 atom stereocenters. The largest absolute Gasteiger partial charge is 0.476 e. The van der Waals surface area contributed by atoms with E-state index in [-0.39, 0.29) is 5.69 Å². The number of aromatic carboxylic acids is 1. The highest BCUT2D eigenvalue weighted by Gasteiger charge is 2.12. The zero-order valence-electron chi connectivity index (χ0n) is 10.9. The summed E-state index contributed by atoms with van der Waals surface area (Å²) in [7, 11) is 1.92. The number of aromatic nitrogens is 2. The monoisotopic (exact) mass is 266 g/mol. The molecule has 0 unspecified atom stereocenters. The minimum Gasteiger partial charge on any atom is -0.476 e. The van der Waals surface area contributed by atoms with Crippen molar-refractivity contribution >= 4 is 11.8 Å². The van der Waals surface area contributed by atoms with E-state index in [1.807, 2.05) is 11.9 Å². The minimum absolute atomic E-state index is 0.0367. The Morgan fingerprint density at radius 2 is 2.16 bits per heavy atom. The van der Waals surface area contributed by atoms with Gasteiger partial charge in [-0.15, -0.1) is 10.2 Å². The Kier molecular flexibility index (Phi) is 4.64. The van der Waals surface area contributed by atoms with E-state index >= 15 is 0 Å². The van der Waals surface area contributed by atoms with Crippen LogP contribution in [0.1, 0.15) is 10.5 Å². The fourth-order valence-electron chi connectivity index (χ4n) is 1.87. The summed E-state index contributed by atoms with van der Waals surface area (Å²) in [6.45, 7) is 5.24. The van der Waals surface area contributed by atoms with Crippen LogP contribution in [0.3, 0.4) is 0 Å². The van der Waals surface area contributed by atoms with Gasteiger partial charge in [-0.25, -0.2) is 4.79 Å². The molecular formula is C12H18N4O3. The number of likely N-dealkylation sites (N-methyl/N-ethyl adjacent to an activating group) is 1. The lowest BCUT2D eigenvalue weighted by Crippen LogP contribution is -2.40. The van der Waals surface area contributed by atoms with Gasteiger partial charge in [0.15, 0.2) is 11.5 Å². The van der Waals surface area contributed by atoms with Gasteiger partial charge in [0.1, 0.15) is 0 Å². The molecule has 0 aliphatic carbocycles. The molecule has 0 bridgehead atoms. The average Bonchev–Trinajstić information content (AvgIpc) is 2.46. The SMILES string of the molecule is CN(CCN1CCOCC1)c1ccc(C(=O)O)nn1. The van der Waals surface area contributed by atoms with Crippen LogP contribution in [0.2, 0.25) is 0 Å². The summed E-state index contributed by atoms with van der Waals surface area (Å²) in [5, 5.41) is 16.3. The van der Waals surface area contributed by atoms with Crippen LogP contribution in [-0.4, -0.2) is 72.6 Å². The molecule has 1 aliphatic rings. The Bertz CT molecular complexity index is 417. The number of nitrogens with zero attached hydrogens (tertiary/aromatic N) is 4. The number of ether oxygens (including phenoxy) is 1. The molecule has 1 saturated heterocycles. The predicted octanol–water partition coefficient (Wildman–Crippen LogP) is -0.0568. The zero-order valence-corrected chi connectivity index (χ0v) is 10.9. The molecule has 19 heavy (non-hydrogen) atoms. The second-order valence-corrected chi connectivity index (χ2v) is 4.46. The summed E-state index contributed by atoms with van der Waals surface area (Å²) < 4.78 is 5.29. The molecule has 2 heterocycles. The number of carboxylic acids is 1. The van der Waals surface area contributed by atoms with Crippen LogP contribution in [0.4, 0.5) is 5.82 Å². The number of anilines is 1. The van der Waals surface area contributed by atoms with Crippen LogP contribution in [0, 0.1) is 0 Å². The number of hydrogen-bond acceptors (Lipinski definition) is 6. The molecule has 7 heteroatoms. The van der Waals surface area contributed by atoms with E-state index in [1.165, 1.54) is 6.07 Å². The van der Waals surface area contributed by atoms with Gasteiger partial charge in [-0.05, 0) is 12.1 Å². The molecule has 1 aliphatic heterocycles. The fraction of sp³-hybridized carbons (Fsp3) is 0.583. The van der Waals surface area contributed by atoms with Gasteiger partial charge in [0.25, 0.3) is 0 Å². The maximum atomic E-state index is 10.7. The van der Waals surface area contributed by atoms with E-state index in [0.29, 0.717) is 5.82 Å². The third-order valence-electron chi connectivity index (χ3n) is 3.12. The first kappa shape index (κ1) is 13.7. The van der Waals surface area contributed by atoms with Gasteiger partial charge in [-0.2, -0.15) is 0 Å². The van der Waals surface area contributed by atoms with Crippen molar-refractivity contribution in [1.29, 1.82) is 0 Å². The van der Waals surface area contributed by atoms with Gasteiger partial charge in [-0.1, -0.05) is 0 Å². The molecule has 1 aromatic rings. The van der Waals surface area contributed by atoms with Crippen molar-refractivity contribution in [3.8, 4) is 0 Å². The Morgan fingerprint density at radius 1 is 1.42 bits per heavy atom. The van der Waals surface area contributed by atoms with Crippen LogP contribution in [0.25, 0.3) is 0 Å². The zero-order chi connectivity index (χ0) is 13.7. The Labute approximate surface area is 111 Å². The Hall–Kier alpha value is -1.73. The number of morpholine rings is 1. The molecular weight excluding hydrogens is 248 g/mol. The summed E-state index contributed by atoms with van der Waals surface area (Å²) >= 11 is 0. The van der Waals surface area contributed by atoms with Crippen LogP contribution < -0.4 is 4.90 Å². The quantitative estimate of drug-likeness (QED) is 0.800. The van der Waals surface area contributed by atoms with E-state index in [0.717, 1.165) is 39.4 Å². The molecule has 1 N–H and O–H groups in total. The molecule has 7 nitrogen and oxygen atoms in total. The second kappa shape index (κ2) is 6.44. The lowest BCUT2D eigenvalue weighted by molar-refractivity contribution is 0.0392. The lowest BCUT2D eigenvalue weighted by Gasteiger charge is -2.28. The van der Waals surface area contributed by atoms with E-state index < -0.39 is 5.97 Å². The maximum absolute atomic E-state index is 10.7. The van der Waals surface area contributed by atoms with Gasteiger partial charge in [0, 0.05) is 33.2 Å². The molecule has 0 aromatic carbocycles. The smallest absolute Gasteiger partial charge is 0.356 e. The molecule has 104 valence electrons. The van der Waals surface area contributed by atoms with Crippen molar-refractivity contribution in [3.05, 3.63) is 17.8 Å². The highest BCUT2D eigenvalue weighted by atomic mass is 16.5. The predicted molar refractivity (Wildman–Crippen MR) is 69.5 cm³/mol. The average molecular weight is 266 g/mol. The standard InChI is InChI=1S/C12H18N4O3/c1-15(4-5-16-6-8-19-9-7-16)11-3-2-10(12(17)18)13-14-11/h2-3H,4-9H2,1H3,(H,17,18). The molecule has 0 amide bonds. The first-order valence-electron chi connectivity index (χ1n) is 6.25. The van der Waals surface area contributed by atoms with Gasteiger partial charge in [-0.3, -0.25) is 4.90 Å². The fourth-order valence-corrected chi connectivity index (χ4v) is 1.87. The van der Waals surface area contributed by atoms with E-state index in [4.69, 9.17) is 9.84 Å². The van der Waals surface area contributed by atoms with E-state index in [9.17, 15) is 4.79 Å². The Morgan fingerprint density at radius 3 is 2.74 bits per heavy atom. The highest BCUT2D eigenvalue weighted by Crippen LogP contribution is 2.07.